The van der Waals surface area contributed by atoms with Crippen molar-refractivity contribution in [2.45, 2.75) is 32.5 Å². The highest BCUT2D eigenvalue weighted by Gasteiger charge is 2.39. The van der Waals surface area contributed by atoms with Gasteiger partial charge in [0.15, 0.2) is 0 Å². The average molecular weight is 164 g/mol. The van der Waals surface area contributed by atoms with Crippen molar-refractivity contribution in [3.05, 3.63) is 0 Å². The predicted octanol–water partition coefficient (Wildman–Crippen LogP) is 1.64. The molecular weight excluding hydrogens is 150 g/mol. The van der Waals surface area contributed by atoms with Gasteiger partial charge in [-0.15, -0.1) is 0 Å². The molecule has 10 heavy (non-hydrogen) atoms. The summed E-state index contributed by atoms with van der Waals surface area (Å²) in [6.07, 6.45) is 0.301. The molecule has 0 saturated carbocycles. The summed E-state index contributed by atoms with van der Waals surface area (Å²) in [5.74, 6) is 0. The maximum Gasteiger partial charge on any atom is 0.0936 e. The monoisotopic (exact) mass is 163 g/mol. The van der Waals surface area contributed by atoms with Gasteiger partial charge >= 0.3 is 0 Å². The van der Waals surface area contributed by atoms with Crippen LogP contribution in [0.25, 0.3) is 0 Å². The van der Waals surface area contributed by atoms with Gasteiger partial charge in [0.25, 0.3) is 0 Å². The Labute approximate surface area is 67.2 Å². The number of ether oxygens (including phenoxy) is 1. The van der Waals surface area contributed by atoms with Crippen LogP contribution in [0.5, 0.6) is 0 Å². The molecule has 0 amide bonds. The third-order valence-corrected chi connectivity index (χ3v) is 1.77. The quantitative estimate of drug-likeness (QED) is 0.574. The van der Waals surface area contributed by atoms with E-state index in [4.69, 9.17) is 16.5 Å². The topological polar surface area (TPSA) is 12.5 Å². The fourth-order valence-corrected chi connectivity index (χ4v) is 1.83. The minimum atomic E-state index is 0.00984. The van der Waals surface area contributed by atoms with Crippen molar-refractivity contribution in [3.8, 4) is 0 Å². The fourth-order valence-electron chi connectivity index (χ4n) is 1.32. The second-order valence-corrected chi connectivity index (χ2v) is 3.87. The van der Waals surface area contributed by atoms with Crippen LogP contribution in [0.3, 0.4) is 0 Å². The van der Waals surface area contributed by atoms with E-state index in [1.54, 1.807) is 4.42 Å². The van der Waals surface area contributed by atoms with Gasteiger partial charge in [0.2, 0.25) is 0 Å². The number of halogens is 1. The molecule has 0 N–H and O–H groups in total. The van der Waals surface area contributed by atoms with Crippen LogP contribution in [0.15, 0.2) is 0 Å². The lowest BCUT2D eigenvalue weighted by molar-refractivity contribution is -0.129. The van der Waals surface area contributed by atoms with Crippen molar-refractivity contribution < 1.29 is 4.74 Å². The summed E-state index contributed by atoms with van der Waals surface area (Å²) < 4.78 is 7.36. The zero-order chi connectivity index (χ0) is 7.78. The third-order valence-electron chi connectivity index (χ3n) is 1.53. The van der Waals surface area contributed by atoms with E-state index >= 15 is 0 Å². The van der Waals surface area contributed by atoms with E-state index in [1.807, 2.05) is 13.8 Å². The highest BCUT2D eigenvalue weighted by atomic mass is 35.5. The molecule has 0 aromatic heterocycles. The zero-order valence-corrected chi connectivity index (χ0v) is 7.48. The molecule has 0 bridgehead atoms. The van der Waals surface area contributed by atoms with Gasteiger partial charge in [-0.2, -0.15) is 0 Å². The van der Waals surface area contributed by atoms with E-state index in [0.717, 1.165) is 13.1 Å². The molecule has 0 unspecified atom stereocenters. The number of hydrogen-bond acceptors (Lipinski definition) is 2. The van der Waals surface area contributed by atoms with E-state index < -0.39 is 0 Å². The number of rotatable bonds is 2. The van der Waals surface area contributed by atoms with E-state index in [-0.39, 0.29) is 5.60 Å². The lowest BCUT2D eigenvalue weighted by Gasteiger charge is -2.44. The van der Waals surface area contributed by atoms with Gasteiger partial charge in [-0.25, -0.2) is 4.42 Å². The van der Waals surface area contributed by atoms with Crippen molar-refractivity contribution in [3.63, 3.8) is 0 Å². The molecular formula is C7H14ClNO. The van der Waals surface area contributed by atoms with Gasteiger partial charge in [-0.1, -0.05) is 0 Å². The van der Waals surface area contributed by atoms with Gasteiger partial charge in [-0.05, 0) is 32.5 Å². The summed E-state index contributed by atoms with van der Waals surface area (Å²) in [4.78, 5) is 0. The summed E-state index contributed by atoms with van der Waals surface area (Å²) in [6.45, 7) is 7.86. The van der Waals surface area contributed by atoms with Crippen LogP contribution in [0.1, 0.15) is 20.8 Å². The maximum atomic E-state index is 5.67. The standard InChI is InChI=1S/C7H14ClNO/c1-6(2)10-7(3)4-9(8)5-7/h6H,4-5H2,1-3H3. The van der Waals surface area contributed by atoms with Crippen LogP contribution in [-0.2, 0) is 4.74 Å². The second-order valence-electron chi connectivity index (χ2n) is 3.40. The van der Waals surface area contributed by atoms with Gasteiger partial charge in [0.1, 0.15) is 0 Å². The van der Waals surface area contributed by atoms with Crippen molar-refractivity contribution in [2.24, 2.45) is 0 Å². The molecule has 1 aliphatic heterocycles. The number of nitrogens with zero attached hydrogens (tertiary/aromatic N) is 1. The van der Waals surface area contributed by atoms with Gasteiger partial charge in [0, 0.05) is 13.1 Å². The Morgan fingerprint density at radius 1 is 1.50 bits per heavy atom. The summed E-state index contributed by atoms with van der Waals surface area (Å²) in [7, 11) is 0. The Hall–Kier alpha value is 0.210. The summed E-state index contributed by atoms with van der Waals surface area (Å²) >= 11 is 5.67. The lowest BCUT2D eigenvalue weighted by atomic mass is 10.00. The molecule has 1 aliphatic rings. The first-order valence-electron chi connectivity index (χ1n) is 3.60. The van der Waals surface area contributed by atoms with Crippen LogP contribution < -0.4 is 0 Å². The molecule has 1 fully saturated rings. The summed E-state index contributed by atoms with van der Waals surface area (Å²) in [5.41, 5.74) is 0.00984. The molecule has 0 spiro atoms. The van der Waals surface area contributed by atoms with Gasteiger partial charge < -0.3 is 4.74 Å². The molecule has 1 heterocycles. The second kappa shape index (κ2) is 2.68. The van der Waals surface area contributed by atoms with Crippen molar-refractivity contribution in [1.82, 2.24) is 4.42 Å². The Morgan fingerprint density at radius 3 is 2.30 bits per heavy atom. The largest absolute Gasteiger partial charge is 0.370 e. The molecule has 0 aromatic carbocycles. The maximum absolute atomic E-state index is 5.67. The normalized spacial score (nSPS) is 24.9. The Balaban J connectivity index is 2.27. The van der Waals surface area contributed by atoms with E-state index in [2.05, 4.69) is 6.92 Å². The Morgan fingerprint density at radius 2 is 2.00 bits per heavy atom. The highest BCUT2D eigenvalue weighted by molar-refractivity contribution is 6.14. The molecule has 3 heteroatoms. The van der Waals surface area contributed by atoms with E-state index in [9.17, 15) is 0 Å². The minimum Gasteiger partial charge on any atom is -0.370 e. The third kappa shape index (κ3) is 1.84. The van der Waals surface area contributed by atoms with Crippen molar-refractivity contribution >= 4 is 11.8 Å². The number of hydrogen-bond donors (Lipinski definition) is 0. The molecule has 1 saturated heterocycles. The molecule has 60 valence electrons. The summed E-state index contributed by atoms with van der Waals surface area (Å²) in [6, 6.07) is 0. The van der Waals surface area contributed by atoms with Crippen molar-refractivity contribution in [2.75, 3.05) is 13.1 Å². The van der Waals surface area contributed by atoms with Crippen LogP contribution in [0.2, 0.25) is 0 Å². The Kier molecular flexibility index (Phi) is 2.23. The van der Waals surface area contributed by atoms with Crippen LogP contribution >= 0.6 is 11.8 Å². The lowest BCUT2D eigenvalue weighted by Crippen LogP contribution is -2.58. The molecule has 2 nitrogen and oxygen atoms in total. The fraction of sp³-hybridized carbons (Fsp3) is 1.00. The minimum absolute atomic E-state index is 0.00984. The molecule has 1 rings (SSSR count). The summed E-state index contributed by atoms with van der Waals surface area (Å²) in [5, 5.41) is 0. The first-order valence-corrected chi connectivity index (χ1v) is 3.94. The molecule has 0 aromatic rings. The van der Waals surface area contributed by atoms with Crippen LogP contribution in [-0.4, -0.2) is 29.2 Å². The molecule has 0 atom stereocenters. The average Bonchev–Trinajstić information content (AvgIpc) is 1.57. The van der Waals surface area contributed by atoms with Crippen molar-refractivity contribution in [1.29, 1.82) is 0 Å². The molecule has 0 aliphatic carbocycles. The Bertz CT molecular complexity index is 121. The predicted molar refractivity (Wildman–Crippen MR) is 42.1 cm³/mol. The zero-order valence-electron chi connectivity index (χ0n) is 6.72. The first kappa shape index (κ1) is 8.31. The molecule has 0 radical (unpaired) electrons. The first-order chi connectivity index (χ1) is 4.52. The van der Waals surface area contributed by atoms with Gasteiger partial charge in [-0.3, -0.25) is 0 Å². The van der Waals surface area contributed by atoms with Crippen LogP contribution in [0.4, 0.5) is 0 Å². The SMILES string of the molecule is CC(C)OC1(C)CN(Cl)C1. The highest BCUT2D eigenvalue weighted by Crippen LogP contribution is 2.27. The smallest absolute Gasteiger partial charge is 0.0936 e. The van der Waals surface area contributed by atoms with Gasteiger partial charge in [0.05, 0.1) is 11.7 Å². The van der Waals surface area contributed by atoms with E-state index in [0.29, 0.717) is 6.10 Å². The van der Waals surface area contributed by atoms with E-state index in [1.165, 1.54) is 0 Å². The van der Waals surface area contributed by atoms with Crippen LogP contribution in [0, 0.1) is 0 Å².